The monoisotopic (exact) mass is 259 g/mol. The molecule has 2 aromatic carbocycles. The van der Waals surface area contributed by atoms with Crippen LogP contribution in [-0.2, 0) is 25.8 Å². The van der Waals surface area contributed by atoms with Crippen molar-refractivity contribution >= 4 is 0 Å². The van der Waals surface area contributed by atoms with Crippen molar-refractivity contribution in [3.05, 3.63) is 59.7 Å². The van der Waals surface area contributed by atoms with Crippen LogP contribution in [0.1, 0.15) is 50.7 Å². The predicted octanol–water partition coefficient (Wildman–Crippen LogP) is 5.06. The van der Waals surface area contributed by atoms with Crippen molar-refractivity contribution in [1.29, 1.82) is 0 Å². The molecular formula is C16H22Sc-2. The van der Waals surface area contributed by atoms with Gasteiger partial charge in [0.2, 0.25) is 0 Å². The van der Waals surface area contributed by atoms with Gasteiger partial charge in [-0.15, -0.1) is 0 Å². The maximum atomic E-state index is 2.20. The van der Waals surface area contributed by atoms with Gasteiger partial charge in [0.25, 0.3) is 0 Å². The summed E-state index contributed by atoms with van der Waals surface area (Å²) in [4.78, 5) is 0. The van der Waals surface area contributed by atoms with Crippen LogP contribution in [0.25, 0.3) is 0 Å². The van der Waals surface area contributed by atoms with Crippen molar-refractivity contribution in [2.75, 3.05) is 0 Å². The van der Waals surface area contributed by atoms with E-state index in [1.54, 1.807) is 0 Å². The molecule has 0 amide bonds. The van der Waals surface area contributed by atoms with E-state index in [1.165, 1.54) is 11.1 Å². The molecule has 0 unspecified atom stereocenters. The van der Waals surface area contributed by atoms with Gasteiger partial charge in [0.05, 0.1) is 0 Å². The summed E-state index contributed by atoms with van der Waals surface area (Å²) in [5, 5.41) is 0. The van der Waals surface area contributed by atoms with Crippen LogP contribution in [0, 0.1) is 0 Å². The Morgan fingerprint density at radius 1 is 0.588 bits per heavy atom. The average Bonchev–Trinajstić information content (AvgIpc) is 2.93. The van der Waals surface area contributed by atoms with Gasteiger partial charge < -0.3 is 0 Å². The van der Waals surface area contributed by atoms with Gasteiger partial charge in [-0.05, 0) is 0 Å². The van der Waals surface area contributed by atoms with E-state index >= 15 is 0 Å². The molecule has 0 atom stereocenters. The van der Waals surface area contributed by atoms with E-state index in [1.807, 2.05) is 0 Å². The summed E-state index contributed by atoms with van der Waals surface area (Å²) in [6.45, 7) is 8.81. The van der Waals surface area contributed by atoms with Crippen molar-refractivity contribution in [2.24, 2.45) is 0 Å². The Morgan fingerprint density at radius 3 is 0.941 bits per heavy atom. The van der Waals surface area contributed by atoms with E-state index in [0.717, 1.165) is 0 Å². The van der Waals surface area contributed by atoms with Gasteiger partial charge in [-0.1, -0.05) is 39.5 Å². The van der Waals surface area contributed by atoms with E-state index in [9.17, 15) is 0 Å². The molecule has 1 heteroatoms. The fraction of sp³-hybridized carbons (Fsp3) is 0.375. The van der Waals surface area contributed by atoms with Gasteiger partial charge >= 0.3 is 0 Å². The van der Waals surface area contributed by atoms with Gasteiger partial charge in [-0.3, -0.25) is 0 Å². The molecule has 0 nitrogen and oxygen atoms in total. The summed E-state index contributed by atoms with van der Waals surface area (Å²) in [7, 11) is 0. The third kappa shape index (κ3) is 6.16. The van der Waals surface area contributed by atoms with E-state index < -0.39 is 0 Å². The molecule has 0 N–H and O–H groups in total. The summed E-state index contributed by atoms with van der Waals surface area (Å²) >= 11 is 0. The Kier molecular flexibility index (Phi) is 8.41. The fourth-order valence-electron chi connectivity index (χ4n) is 1.55. The van der Waals surface area contributed by atoms with E-state index in [4.69, 9.17) is 0 Å². The topological polar surface area (TPSA) is 0 Å². The van der Waals surface area contributed by atoms with E-state index in [2.05, 4.69) is 76.2 Å². The third-order valence-corrected chi connectivity index (χ3v) is 2.71. The molecule has 0 saturated heterocycles. The summed E-state index contributed by atoms with van der Waals surface area (Å²) in [6, 6.07) is 16.9. The average molecular weight is 259 g/mol. The van der Waals surface area contributed by atoms with Gasteiger partial charge in [0.15, 0.2) is 0 Å². The summed E-state index contributed by atoms with van der Waals surface area (Å²) < 4.78 is 0. The molecule has 2 aromatic rings. The first-order valence-electron chi connectivity index (χ1n) is 6.04. The normalized spacial score (nSPS) is 9.76. The largest absolute Gasteiger partial charge is 0.213 e. The molecule has 0 aliphatic rings. The molecule has 0 bridgehead atoms. The first kappa shape index (κ1) is 16.6. The minimum Gasteiger partial charge on any atom is -0.213 e. The summed E-state index contributed by atoms with van der Waals surface area (Å²) in [5.41, 5.74) is 2.87. The second-order valence-electron chi connectivity index (χ2n) is 4.75. The van der Waals surface area contributed by atoms with Crippen LogP contribution in [0.2, 0.25) is 0 Å². The second-order valence-corrected chi connectivity index (χ2v) is 4.75. The summed E-state index contributed by atoms with van der Waals surface area (Å²) in [5.74, 6) is 1.37. The SMILES string of the molecule is CC(C)[c-]1cccc1.CC(C)[c-]1cccc1.[Sc]. The number of hydrogen-bond donors (Lipinski definition) is 0. The van der Waals surface area contributed by atoms with E-state index in [-0.39, 0.29) is 25.8 Å². The van der Waals surface area contributed by atoms with Crippen LogP contribution in [0.4, 0.5) is 0 Å². The van der Waals surface area contributed by atoms with Crippen molar-refractivity contribution < 1.29 is 25.8 Å². The maximum absolute atomic E-state index is 2.20. The molecule has 0 heterocycles. The Labute approximate surface area is 125 Å². The second kappa shape index (κ2) is 8.63. The smallest absolute Gasteiger partial charge is 0 e. The molecule has 0 aliphatic carbocycles. The van der Waals surface area contributed by atoms with Crippen LogP contribution in [0.3, 0.4) is 0 Å². The van der Waals surface area contributed by atoms with E-state index in [0.29, 0.717) is 11.8 Å². The van der Waals surface area contributed by atoms with Gasteiger partial charge in [-0.2, -0.15) is 35.4 Å². The standard InChI is InChI=1S/2C8H11.Sc/c2*1-7(2)8-5-3-4-6-8;/h2*3-7H,1-2H3;/q2*-1;. The molecule has 0 fully saturated rings. The van der Waals surface area contributed by atoms with Crippen molar-refractivity contribution in [2.45, 2.75) is 39.5 Å². The molecule has 0 spiro atoms. The van der Waals surface area contributed by atoms with Gasteiger partial charge in [0, 0.05) is 25.8 Å². The van der Waals surface area contributed by atoms with Crippen LogP contribution in [0.15, 0.2) is 48.5 Å². The van der Waals surface area contributed by atoms with Crippen molar-refractivity contribution in [1.82, 2.24) is 0 Å². The molecule has 0 aromatic heterocycles. The number of rotatable bonds is 2. The third-order valence-electron chi connectivity index (χ3n) is 2.71. The van der Waals surface area contributed by atoms with Gasteiger partial charge in [0.1, 0.15) is 0 Å². The minimum absolute atomic E-state index is 0. The maximum Gasteiger partial charge on any atom is 0 e. The first-order valence-corrected chi connectivity index (χ1v) is 6.04. The zero-order valence-corrected chi connectivity index (χ0v) is 13.2. The number of hydrogen-bond acceptors (Lipinski definition) is 0. The molecule has 0 aliphatic heterocycles. The quantitative estimate of drug-likeness (QED) is 0.662. The van der Waals surface area contributed by atoms with Crippen molar-refractivity contribution in [3.8, 4) is 0 Å². The van der Waals surface area contributed by atoms with Crippen LogP contribution in [-0.4, -0.2) is 0 Å². The molecular weight excluding hydrogens is 237 g/mol. The zero-order chi connectivity index (χ0) is 12.0. The Balaban J connectivity index is 0.000000284. The molecule has 2 rings (SSSR count). The zero-order valence-electron chi connectivity index (χ0n) is 11.4. The van der Waals surface area contributed by atoms with Crippen LogP contribution in [0.5, 0.6) is 0 Å². The first-order chi connectivity index (χ1) is 7.61. The Hall–Kier alpha value is -0.430. The van der Waals surface area contributed by atoms with Gasteiger partial charge in [-0.25, -0.2) is 24.3 Å². The molecule has 17 heavy (non-hydrogen) atoms. The van der Waals surface area contributed by atoms with Crippen LogP contribution >= 0.6 is 0 Å². The fourth-order valence-corrected chi connectivity index (χ4v) is 1.55. The Morgan fingerprint density at radius 2 is 0.824 bits per heavy atom. The minimum atomic E-state index is 0. The molecule has 91 valence electrons. The summed E-state index contributed by atoms with van der Waals surface area (Å²) in [6.07, 6.45) is 0. The molecule has 1 radical (unpaired) electrons. The van der Waals surface area contributed by atoms with Crippen LogP contribution < -0.4 is 0 Å². The predicted molar refractivity (Wildman–Crippen MR) is 72.2 cm³/mol. The Bertz CT molecular complexity index is 314. The molecule has 0 saturated carbocycles. The van der Waals surface area contributed by atoms with Crippen molar-refractivity contribution in [3.63, 3.8) is 0 Å².